The van der Waals surface area contributed by atoms with Crippen molar-refractivity contribution < 1.29 is 9.90 Å². The number of aliphatic carboxylic acids is 1. The van der Waals surface area contributed by atoms with E-state index in [0.29, 0.717) is 0 Å². The molecule has 0 amide bonds. The summed E-state index contributed by atoms with van der Waals surface area (Å²) < 4.78 is 0. The van der Waals surface area contributed by atoms with Crippen LogP contribution in [0.1, 0.15) is 18.9 Å². The molecular formula is C20H21NO2. The lowest BCUT2D eigenvalue weighted by atomic mass is 9.74. The minimum absolute atomic E-state index is 0.198. The minimum Gasteiger partial charge on any atom is -0.481 e. The highest BCUT2D eigenvalue weighted by Gasteiger charge is 2.42. The fourth-order valence-electron chi connectivity index (χ4n) is 3.09. The number of rotatable bonds is 4. The van der Waals surface area contributed by atoms with Crippen LogP contribution in [0.15, 0.2) is 66.7 Å². The van der Waals surface area contributed by atoms with Crippen molar-refractivity contribution in [2.75, 3.05) is 6.54 Å². The highest BCUT2D eigenvalue weighted by molar-refractivity contribution is 5.83. The zero-order valence-electron chi connectivity index (χ0n) is 13.2. The smallest absolute Gasteiger partial charge is 0.315 e. The number of carboxylic acid groups (broad SMARTS) is 1. The van der Waals surface area contributed by atoms with Crippen molar-refractivity contribution in [3.05, 3.63) is 72.3 Å². The van der Waals surface area contributed by atoms with Crippen LogP contribution in [0.4, 0.5) is 0 Å². The molecule has 23 heavy (non-hydrogen) atoms. The molecule has 118 valence electrons. The average molecular weight is 307 g/mol. The topological polar surface area (TPSA) is 49.3 Å². The minimum atomic E-state index is -0.980. The molecule has 1 unspecified atom stereocenters. The highest BCUT2D eigenvalue weighted by Crippen LogP contribution is 2.32. The number of carbonyl (C=O) groups is 1. The molecule has 0 fully saturated rings. The van der Waals surface area contributed by atoms with Gasteiger partial charge in [0.15, 0.2) is 0 Å². The molecule has 2 aromatic carbocycles. The number of hydrogen-bond donors (Lipinski definition) is 2. The predicted octanol–water partition coefficient (Wildman–Crippen LogP) is 3.61. The Morgan fingerprint density at radius 2 is 1.74 bits per heavy atom. The molecule has 1 aliphatic rings. The fourth-order valence-corrected chi connectivity index (χ4v) is 3.09. The van der Waals surface area contributed by atoms with Crippen LogP contribution >= 0.6 is 0 Å². The van der Waals surface area contributed by atoms with E-state index in [9.17, 15) is 9.90 Å². The fraction of sp³-hybridized carbons (Fsp3) is 0.250. The summed E-state index contributed by atoms with van der Waals surface area (Å²) in [4.78, 5) is 12.0. The SMILES string of the molecule is CC(C(=O)O)(c1ccc(-c2ccccc2)cc1)[C@@H]1C=CCCN1. The van der Waals surface area contributed by atoms with E-state index in [4.69, 9.17) is 0 Å². The lowest BCUT2D eigenvalue weighted by Gasteiger charge is -2.35. The van der Waals surface area contributed by atoms with Crippen LogP contribution in [0.2, 0.25) is 0 Å². The first kappa shape index (κ1) is 15.5. The van der Waals surface area contributed by atoms with Crippen molar-refractivity contribution in [1.29, 1.82) is 0 Å². The maximum atomic E-state index is 12.0. The molecule has 0 aromatic heterocycles. The molecule has 0 aliphatic carbocycles. The summed E-state index contributed by atoms with van der Waals surface area (Å²) in [5, 5.41) is 13.2. The van der Waals surface area contributed by atoms with Gasteiger partial charge < -0.3 is 10.4 Å². The molecule has 2 N–H and O–H groups in total. The number of nitrogens with one attached hydrogen (secondary N) is 1. The first-order valence-electron chi connectivity index (χ1n) is 7.92. The Morgan fingerprint density at radius 1 is 1.09 bits per heavy atom. The average Bonchev–Trinajstić information content (AvgIpc) is 2.62. The molecule has 3 rings (SSSR count). The quantitative estimate of drug-likeness (QED) is 0.848. The summed E-state index contributed by atoms with van der Waals surface area (Å²) in [6, 6.07) is 17.8. The highest BCUT2D eigenvalue weighted by atomic mass is 16.4. The lowest BCUT2D eigenvalue weighted by molar-refractivity contribution is -0.144. The Hall–Kier alpha value is -2.39. The summed E-state index contributed by atoms with van der Waals surface area (Å²) in [7, 11) is 0. The van der Waals surface area contributed by atoms with Gasteiger partial charge in [0.1, 0.15) is 5.41 Å². The molecule has 0 saturated heterocycles. The van der Waals surface area contributed by atoms with E-state index < -0.39 is 11.4 Å². The third-order valence-corrected chi connectivity index (χ3v) is 4.66. The molecule has 0 bridgehead atoms. The van der Waals surface area contributed by atoms with E-state index >= 15 is 0 Å². The van der Waals surface area contributed by atoms with Crippen LogP contribution in [-0.2, 0) is 10.2 Å². The van der Waals surface area contributed by atoms with E-state index in [1.807, 2.05) is 48.5 Å². The van der Waals surface area contributed by atoms with Crippen LogP contribution in [0.25, 0.3) is 11.1 Å². The Bertz CT molecular complexity index is 706. The summed E-state index contributed by atoms with van der Waals surface area (Å²) >= 11 is 0. The van der Waals surface area contributed by atoms with E-state index in [-0.39, 0.29) is 6.04 Å². The summed E-state index contributed by atoms with van der Waals surface area (Å²) in [5.41, 5.74) is 2.06. The van der Waals surface area contributed by atoms with Gasteiger partial charge in [-0.3, -0.25) is 4.79 Å². The van der Waals surface area contributed by atoms with Gasteiger partial charge in [-0.2, -0.15) is 0 Å². The van der Waals surface area contributed by atoms with Gasteiger partial charge in [0, 0.05) is 6.04 Å². The number of benzene rings is 2. The van der Waals surface area contributed by atoms with Gasteiger partial charge in [0.2, 0.25) is 0 Å². The van der Waals surface area contributed by atoms with Gasteiger partial charge in [-0.05, 0) is 36.6 Å². The molecule has 0 saturated carbocycles. The van der Waals surface area contributed by atoms with Crippen molar-refractivity contribution in [1.82, 2.24) is 5.32 Å². The molecule has 2 atom stereocenters. The summed E-state index contributed by atoms with van der Waals surface area (Å²) in [6.45, 7) is 2.60. The first-order chi connectivity index (χ1) is 11.1. The number of hydrogen-bond acceptors (Lipinski definition) is 2. The van der Waals surface area contributed by atoms with E-state index in [1.165, 1.54) is 0 Å². The molecule has 1 aliphatic heterocycles. The summed E-state index contributed by atoms with van der Waals surface area (Å²) in [6.07, 6.45) is 4.97. The molecule has 3 heteroatoms. The molecular weight excluding hydrogens is 286 g/mol. The van der Waals surface area contributed by atoms with Gasteiger partial charge in [0.25, 0.3) is 0 Å². The van der Waals surface area contributed by atoms with Crippen LogP contribution in [0.5, 0.6) is 0 Å². The second kappa shape index (κ2) is 6.39. The lowest BCUT2D eigenvalue weighted by Crippen LogP contribution is -2.51. The molecule has 0 radical (unpaired) electrons. The predicted molar refractivity (Wildman–Crippen MR) is 92.4 cm³/mol. The summed E-state index contributed by atoms with van der Waals surface area (Å²) in [5.74, 6) is -0.811. The third-order valence-electron chi connectivity index (χ3n) is 4.66. The number of carboxylic acids is 1. The van der Waals surface area contributed by atoms with E-state index in [2.05, 4.69) is 23.5 Å². The Balaban J connectivity index is 1.96. The van der Waals surface area contributed by atoms with Gasteiger partial charge in [-0.15, -0.1) is 0 Å². The monoisotopic (exact) mass is 307 g/mol. The van der Waals surface area contributed by atoms with Crippen molar-refractivity contribution in [2.45, 2.75) is 24.8 Å². The maximum Gasteiger partial charge on any atom is 0.315 e. The standard InChI is InChI=1S/C20H21NO2/c1-20(19(22)23,18-9-5-6-14-21-18)17-12-10-16(11-13-17)15-7-3-2-4-8-15/h2-5,7-13,18,21H,6,14H2,1H3,(H,22,23)/t18-,20?/m0/s1. The molecule has 3 nitrogen and oxygen atoms in total. The van der Waals surface area contributed by atoms with Gasteiger partial charge >= 0.3 is 5.97 Å². The van der Waals surface area contributed by atoms with Gasteiger partial charge in [-0.25, -0.2) is 0 Å². The molecule has 2 aromatic rings. The second-order valence-electron chi connectivity index (χ2n) is 6.10. The van der Waals surface area contributed by atoms with Crippen LogP contribution in [0, 0.1) is 0 Å². The van der Waals surface area contributed by atoms with Crippen molar-refractivity contribution >= 4 is 5.97 Å². The second-order valence-corrected chi connectivity index (χ2v) is 6.10. The molecule has 0 spiro atoms. The zero-order chi connectivity index (χ0) is 16.3. The first-order valence-corrected chi connectivity index (χ1v) is 7.92. The van der Waals surface area contributed by atoms with Crippen LogP contribution < -0.4 is 5.32 Å². The maximum absolute atomic E-state index is 12.0. The van der Waals surface area contributed by atoms with Crippen LogP contribution in [-0.4, -0.2) is 23.7 Å². The van der Waals surface area contributed by atoms with E-state index in [0.717, 1.165) is 29.7 Å². The largest absolute Gasteiger partial charge is 0.481 e. The van der Waals surface area contributed by atoms with Crippen molar-refractivity contribution in [3.8, 4) is 11.1 Å². The third kappa shape index (κ3) is 2.92. The van der Waals surface area contributed by atoms with Gasteiger partial charge in [-0.1, -0.05) is 66.7 Å². The van der Waals surface area contributed by atoms with E-state index in [1.54, 1.807) is 6.92 Å². The van der Waals surface area contributed by atoms with Crippen LogP contribution in [0.3, 0.4) is 0 Å². The Morgan fingerprint density at radius 3 is 2.30 bits per heavy atom. The van der Waals surface area contributed by atoms with Crippen molar-refractivity contribution in [2.24, 2.45) is 0 Å². The van der Waals surface area contributed by atoms with Crippen molar-refractivity contribution in [3.63, 3.8) is 0 Å². The van der Waals surface area contributed by atoms with Gasteiger partial charge in [0.05, 0.1) is 0 Å². The Kier molecular flexibility index (Phi) is 4.30. The Labute approximate surface area is 136 Å². The zero-order valence-corrected chi connectivity index (χ0v) is 13.2. The molecule has 1 heterocycles. The normalized spacial score (nSPS) is 20.0.